The molecule has 1 aromatic heterocycles. The summed E-state index contributed by atoms with van der Waals surface area (Å²) < 4.78 is 5.42. The Bertz CT molecular complexity index is 479. The van der Waals surface area contributed by atoms with E-state index in [1.54, 1.807) is 11.3 Å². The average molecular weight is 310 g/mol. The molecule has 5 heteroatoms. The fourth-order valence-corrected chi connectivity index (χ4v) is 3.34. The molecule has 1 saturated heterocycles. The SMILES string of the molecule is Cc1ccsc1CNCC1CCN(C(=O)OC(C)(C)C)C1. The summed E-state index contributed by atoms with van der Waals surface area (Å²) in [4.78, 5) is 15.2. The minimum absolute atomic E-state index is 0.181. The van der Waals surface area contributed by atoms with Gasteiger partial charge in [-0.3, -0.25) is 0 Å². The molecular formula is C16H26N2O2S. The maximum atomic E-state index is 12.0. The standard InChI is InChI=1S/C16H26N2O2S/c1-12-6-8-21-14(12)10-17-9-13-5-7-18(11-13)15(19)20-16(2,3)4/h6,8,13,17H,5,7,9-11H2,1-4H3. The van der Waals surface area contributed by atoms with Crippen molar-refractivity contribution >= 4 is 17.4 Å². The second-order valence-corrected chi connectivity index (χ2v) is 7.74. The van der Waals surface area contributed by atoms with Gasteiger partial charge in [-0.25, -0.2) is 4.79 Å². The van der Waals surface area contributed by atoms with Gasteiger partial charge in [0.15, 0.2) is 0 Å². The lowest BCUT2D eigenvalue weighted by Gasteiger charge is -2.24. The van der Waals surface area contributed by atoms with Crippen LogP contribution in [0.15, 0.2) is 11.4 Å². The normalized spacial score (nSPS) is 19.0. The zero-order chi connectivity index (χ0) is 15.5. The van der Waals surface area contributed by atoms with Crippen LogP contribution in [0.1, 0.15) is 37.6 Å². The Morgan fingerprint density at radius 1 is 1.52 bits per heavy atom. The molecule has 1 atom stereocenters. The van der Waals surface area contributed by atoms with Gasteiger partial charge >= 0.3 is 6.09 Å². The number of carbonyl (C=O) groups is 1. The van der Waals surface area contributed by atoms with Gasteiger partial charge in [-0.1, -0.05) is 0 Å². The van der Waals surface area contributed by atoms with E-state index in [2.05, 4.69) is 23.7 Å². The Morgan fingerprint density at radius 3 is 2.90 bits per heavy atom. The van der Waals surface area contributed by atoms with Crippen molar-refractivity contribution in [1.82, 2.24) is 10.2 Å². The highest BCUT2D eigenvalue weighted by Gasteiger charge is 2.29. The van der Waals surface area contributed by atoms with Crippen molar-refractivity contribution in [2.45, 2.75) is 46.3 Å². The zero-order valence-electron chi connectivity index (χ0n) is 13.4. The number of thiophene rings is 1. The Hall–Kier alpha value is -1.07. The highest BCUT2D eigenvalue weighted by atomic mass is 32.1. The van der Waals surface area contributed by atoms with E-state index in [0.717, 1.165) is 32.6 Å². The molecule has 0 radical (unpaired) electrons. The third kappa shape index (κ3) is 5.00. The number of carbonyl (C=O) groups excluding carboxylic acids is 1. The van der Waals surface area contributed by atoms with E-state index in [1.165, 1.54) is 10.4 Å². The molecule has 1 aliphatic rings. The number of hydrogen-bond donors (Lipinski definition) is 1. The quantitative estimate of drug-likeness (QED) is 0.926. The smallest absolute Gasteiger partial charge is 0.410 e. The van der Waals surface area contributed by atoms with E-state index >= 15 is 0 Å². The van der Waals surface area contributed by atoms with Crippen LogP contribution >= 0.6 is 11.3 Å². The molecule has 0 spiro atoms. The Labute approximate surface area is 131 Å². The summed E-state index contributed by atoms with van der Waals surface area (Å²) in [6.07, 6.45) is 0.870. The minimum Gasteiger partial charge on any atom is -0.444 e. The molecule has 2 heterocycles. The average Bonchev–Trinajstić information content (AvgIpc) is 2.97. The first-order valence-corrected chi connectivity index (χ1v) is 8.45. The van der Waals surface area contributed by atoms with E-state index in [4.69, 9.17) is 4.74 Å². The van der Waals surface area contributed by atoms with Crippen LogP contribution < -0.4 is 5.32 Å². The van der Waals surface area contributed by atoms with E-state index < -0.39 is 5.60 Å². The fraction of sp³-hybridized carbons (Fsp3) is 0.688. The number of nitrogens with one attached hydrogen (secondary N) is 1. The molecule has 0 aromatic carbocycles. The van der Waals surface area contributed by atoms with Gasteiger partial charge in [0.2, 0.25) is 0 Å². The van der Waals surface area contributed by atoms with Gasteiger partial charge in [-0.15, -0.1) is 11.3 Å². The van der Waals surface area contributed by atoms with Crippen LogP contribution in [0.25, 0.3) is 0 Å². The molecule has 0 saturated carbocycles. The molecule has 1 fully saturated rings. The van der Waals surface area contributed by atoms with Gasteiger partial charge in [0.25, 0.3) is 0 Å². The predicted molar refractivity (Wildman–Crippen MR) is 86.7 cm³/mol. The summed E-state index contributed by atoms with van der Waals surface area (Å²) in [7, 11) is 0. The molecule has 0 aliphatic carbocycles. The summed E-state index contributed by atoms with van der Waals surface area (Å²) >= 11 is 1.80. The van der Waals surface area contributed by atoms with Gasteiger partial charge in [0.05, 0.1) is 0 Å². The Kier molecular flexibility index (Phi) is 5.27. The van der Waals surface area contributed by atoms with Crippen molar-refractivity contribution in [1.29, 1.82) is 0 Å². The van der Waals surface area contributed by atoms with E-state index in [1.807, 2.05) is 25.7 Å². The molecule has 118 valence electrons. The molecule has 2 rings (SSSR count). The first-order chi connectivity index (χ1) is 9.85. The number of amides is 1. The van der Waals surface area contributed by atoms with Crippen molar-refractivity contribution in [3.05, 3.63) is 21.9 Å². The van der Waals surface area contributed by atoms with Crippen molar-refractivity contribution in [2.24, 2.45) is 5.92 Å². The van der Waals surface area contributed by atoms with Crippen molar-refractivity contribution in [3.8, 4) is 0 Å². The highest BCUT2D eigenvalue weighted by Crippen LogP contribution is 2.20. The lowest BCUT2D eigenvalue weighted by atomic mass is 10.1. The maximum absolute atomic E-state index is 12.0. The van der Waals surface area contributed by atoms with Gasteiger partial charge in [-0.2, -0.15) is 0 Å². The van der Waals surface area contributed by atoms with Crippen LogP contribution in [0.3, 0.4) is 0 Å². The van der Waals surface area contributed by atoms with Crippen molar-refractivity contribution in [3.63, 3.8) is 0 Å². The van der Waals surface area contributed by atoms with Gasteiger partial charge in [0.1, 0.15) is 5.60 Å². The first kappa shape index (κ1) is 16.3. The number of hydrogen-bond acceptors (Lipinski definition) is 4. The molecule has 0 bridgehead atoms. The number of nitrogens with zero attached hydrogens (tertiary/aromatic N) is 1. The highest BCUT2D eigenvalue weighted by molar-refractivity contribution is 7.10. The molecule has 4 nitrogen and oxygen atoms in total. The molecule has 1 amide bonds. The largest absolute Gasteiger partial charge is 0.444 e. The zero-order valence-corrected chi connectivity index (χ0v) is 14.3. The molecular weight excluding hydrogens is 284 g/mol. The minimum atomic E-state index is -0.413. The topological polar surface area (TPSA) is 41.6 Å². The molecule has 1 aliphatic heterocycles. The van der Waals surface area contributed by atoms with Crippen molar-refractivity contribution < 1.29 is 9.53 Å². The Morgan fingerprint density at radius 2 is 2.29 bits per heavy atom. The fourth-order valence-electron chi connectivity index (χ4n) is 2.47. The molecule has 21 heavy (non-hydrogen) atoms. The lowest BCUT2D eigenvalue weighted by Crippen LogP contribution is -2.36. The molecule has 1 aromatic rings. The summed E-state index contributed by atoms with van der Waals surface area (Å²) in [5.74, 6) is 0.526. The van der Waals surface area contributed by atoms with Crippen LogP contribution in [-0.2, 0) is 11.3 Å². The number of rotatable bonds is 4. The third-order valence-corrected chi connectivity index (χ3v) is 4.65. The predicted octanol–water partition coefficient (Wildman–Crippen LogP) is 3.40. The number of aryl methyl sites for hydroxylation is 1. The monoisotopic (exact) mass is 310 g/mol. The van der Waals surface area contributed by atoms with E-state index in [-0.39, 0.29) is 6.09 Å². The van der Waals surface area contributed by atoms with E-state index in [0.29, 0.717) is 5.92 Å². The second-order valence-electron chi connectivity index (χ2n) is 6.74. The lowest BCUT2D eigenvalue weighted by molar-refractivity contribution is 0.0288. The van der Waals surface area contributed by atoms with Crippen molar-refractivity contribution in [2.75, 3.05) is 19.6 Å². The van der Waals surface area contributed by atoms with Gasteiger partial charge in [0, 0.05) is 31.1 Å². The van der Waals surface area contributed by atoms with Gasteiger partial charge in [-0.05, 0) is 57.0 Å². The van der Waals surface area contributed by atoms with Crippen LogP contribution in [0.4, 0.5) is 4.79 Å². The summed E-state index contributed by atoms with van der Waals surface area (Å²) in [6.45, 7) is 11.3. The van der Waals surface area contributed by atoms with Crippen LogP contribution in [0.5, 0.6) is 0 Å². The number of ether oxygens (including phenoxy) is 1. The van der Waals surface area contributed by atoms with E-state index in [9.17, 15) is 4.79 Å². The maximum Gasteiger partial charge on any atom is 0.410 e. The first-order valence-electron chi connectivity index (χ1n) is 7.57. The molecule has 1 N–H and O–H groups in total. The number of likely N-dealkylation sites (tertiary alicyclic amines) is 1. The summed E-state index contributed by atoms with van der Waals surface area (Å²) in [5.41, 5.74) is 0.943. The summed E-state index contributed by atoms with van der Waals surface area (Å²) in [5, 5.41) is 5.64. The van der Waals surface area contributed by atoms with Gasteiger partial charge < -0.3 is 15.0 Å². The second kappa shape index (κ2) is 6.79. The van der Waals surface area contributed by atoms with Crippen LogP contribution in [0.2, 0.25) is 0 Å². The van der Waals surface area contributed by atoms with Crippen LogP contribution in [-0.4, -0.2) is 36.2 Å². The van der Waals surface area contributed by atoms with Crippen LogP contribution in [0, 0.1) is 12.8 Å². The third-order valence-electron chi connectivity index (χ3n) is 3.62. The Balaban J connectivity index is 1.70. The summed E-state index contributed by atoms with van der Waals surface area (Å²) in [6, 6.07) is 2.15. The molecule has 1 unspecified atom stereocenters.